The summed E-state index contributed by atoms with van der Waals surface area (Å²) in [6, 6.07) is 12.6. The van der Waals surface area contributed by atoms with Crippen molar-refractivity contribution in [3.8, 4) is 5.75 Å². The number of carbonyl (C=O) groups excluding carboxylic acids is 1. The van der Waals surface area contributed by atoms with E-state index in [0.717, 1.165) is 36.5 Å². The zero-order chi connectivity index (χ0) is 18.9. The third kappa shape index (κ3) is 5.52. The van der Waals surface area contributed by atoms with Gasteiger partial charge in [-0.15, -0.1) is 0 Å². The third-order valence-electron chi connectivity index (χ3n) is 4.17. The quantitative estimate of drug-likeness (QED) is 0.523. The molecule has 1 aliphatic rings. The third-order valence-corrected chi connectivity index (χ3v) is 5.13. The molecular formula is C20H29NO4P+. The molecule has 0 saturated heterocycles. The van der Waals surface area contributed by atoms with Crippen molar-refractivity contribution in [1.29, 1.82) is 0 Å². The van der Waals surface area contributed by atoms with Gasteiger partial charge in [0, 0.05) is 11.4 Å². The number of nitrogens with one attached hydrogen (secondary N) is 1. The first-order valence-electron chi connectivity index (χ1n) is 9.23. The summed E-state index contributed by atoms with van der Waals surface area (Å²) < 4.78 is 23.1. The minimum atomic E-state index is -2.22. The topological polar surface area (TPSA) is 64.6 Å². The van der Waals surface area contributed by atoms with Crippen molar-refractivity contribution in [1.82, 2.24) is 5.09 Å². The first-order chi connectivity index (χ1) is 12.6. The van der Waals surface area contributed by atoms with E-state index in [9.17, 15) is 9.36 Å². The second-order valence-corrected chi connectivity index (χ2v) is 6.97. The van der Waals surface area contributed by atoms with Crippen molar-refractivity contribution in [2.75, 3.05) is 0 Å². The highest BCUT2D eigenvalue weighted by molar-refractivity contribution is 7.37. The molecule has 3 rings (SSSR count). The number of hydrogen-bond donors (Lipinski definition) is 1. The molecule has 1 unspecified atom stereocenters. The molecule has 1 aliphatic carbocycles. The summed E-state index contributed by atoms with van der Waals surface area (Å²) in [6.07, 6.45) is 4.02. The van der Waals surface area contributed by atoms with Gasteiger partial charge in [0.1, 0.15) is 12.1 Å². The van der Waals surface area contributed by atoms with Gasteiger partial charge >= 0.3 is 14.1 Å². The number of carbonyl (C=O) groups is 1. The fraction of sp³-hybridized carbons (Fsp3) is 0.450. The molecule has 0 aliphatic heterocycles. The molecule has 2 aromatic carbocycles. The van der Waals surface area contributed by atoms with Crippen LogP contribution in [0.15, 0.2) is 42.5 Å². The highest BCUT2D eigenvalue weighted by atomic mass is 31.1. The highest BCUT2D eigenvalue weighted by Gasteiger charge is 2.31. The lowest BCUT2D eigenvalue weighted by Gasteiger charge is -2.13. The van der Waals surface area contributed by atoms with Crippen LogP contribution in [0.1, 0.15) is 47.9 Å². The average molecular weight is 378 g/mol. The smallest absolute Gasteiger partial charge is 0.461 e. The number of rotatable bonds is 6. The fourth-order valence-electron chi connectivity index (χ4n) is 2.87. The summed E-state index contributed by atoms with van der Waals surface area (Å²) in [5.74, 6) is 0.143. The van der Waals surface area contributed by atoms with Crippen LogP contribution < -0.4 is 9.61 Å². The summed E-state index contributed by atoms with van der Waals surface area (Å²) in [5.41, 5.74) is 0. The number of benzene rings is 2. The molecule has 1 N–H and O–H groups in total. The monoisotopic (exact) mass is 378 g/mol. The van der Waals surface area contributed by atoms with E-state index in [1.807, 2.05) is 50.2 Å². The Hall–Kier alpha value is -1.97. The predicted molar refractivity (Wildman–Crippen MR) is 107 cm³/mol. The SMILES string of the molecule is CC.C[C@H](N[P+](=O)Oc1cccc2ccccc12)C(=O)OC1CCCC1.[HH]. The van der Waals surface area contributed by atoms with Crippen LogP contribution in [-0.4, -0.2) is 18.1 Å². The van der Waals surface area contributed by atoms with Gasteiger partial charge in [-0.3, -0.25) is 4.79 Å². The average Bonchev–Trinajstić information content (AvgIpc) is 3.16. The van der Waals surface area contributed by atoms with Crippen LogP contribution in [0.3, 0.4) is 0 Å². The Kier molecular flexibility index (Phi) is 8.02. The van der Waals surface area contributed by atoms with Crippen molar-refractivity contribution in [3.63, 3.8) is 0 Å². The molecule has 0 aromatic heterocycles. The normalized spacial score (nSPS) is 15.7. The van der Waals surface area contributed by atoms with Crippen LogP contribution in [0.25, 0.3) is 10.8 Å². The standard InChI is InChI=1S/C18H21NO4P.C2H6.H2/c1-13(18(20)22-15-9-3-4-10-15)19-24(21)23-17-12-6-8-14-7-2-5-11-16(14)17;1-2;/h2,5-8,11-13,15H,3-4,9-10H2,1H3,(H,19,21);1-2H3;1H/q+1;;/t13-;;/m0../s1. The Morgan fingerprint density at radius 2 is 1.81 bits per heavy atom. The Labute approximate surface area is 157 Å². The number of esters is 1. The lowest BCUT2D eigenvalue weighted by molar-refractivity contribution is -0.150. The van der Waals surface area contributed by atoms with Gasteiger partial charge in [0.05, 0.1) is 0 Å². The van der Waals surface area contributed by atoms with E-state index in [1.54, 1.807) is 13.0 Å². The molecule has 0 heterocycles. The largest absolute Gasteiger partial charge is 0.664 e. The van der Waals surface area contributed by atoms with Gasteiger partial charge in [0.2, 0.25) is 0 Å². The maximum atomic E-state index is 12.2. The molecule has 6 heteroatoms. The molecule has 142 valence electrons. The van der Waals surface area contributed by atoms with Crippen molar-refractivity contribution in [2.45, 2.75) is 58.6 Å². The Balaban J connectivity index is 0.00000118. The molecule has 2 aromatic rings. The van der Waals surface area contributed by atoms with E-state index in [0.29, 0.717) is 5.75 Å². The number of hydrogen-bond acceptors (Lipinski definition) is 4. The molecule has 26 heavy (non-hydrogen) atoms. The first-order valence-corrected chi connectivity index (χ1v) is 10.4. The van der Waals surface area contributed by atoms with Gasteiger partial charge in [-0.2, -0.15) is 0 Å². The molecule has 0 bridgehead atoms. The fourth-order valence-corrected chi connectivity index (χ4v) is 3.69. The highest BCUT2D eigenvalue weighted by Crippen LogP contribution is 2.31. The van der Waals surface area contributed by atoms with E-state index in [1.165, 1.54) is 0 Å². The van der Waals surface area contributed by atoms with Crippen LogP contribution in [0.5, 0.6) is 5.75 Å². The van der Waals surface area contributed by atoms with Gasteiger partial charge in [-0.1, -0.05) is 55.3 Å². The molecule has 1 fully saturated rings. The molecular weight excluding hydrogens is 349 g/mol. The minimum Gasteiger partial charge on any atom is -0.461 e. The number of fused-ring (bicyclic) bond motifs is 1. The van der Waals surface area contributed by atoms with Crippen molar-refractivity contribution >= 4 is 24.9 Å². The van der Waals surface area contributed by atoms with E-state index in [4.69, 9.17) is 9.26 Å². The minimum absolute atomic E-state index is 0. The van der Waals surface area contributed by atoms with Crippen LogP contribution in [0.2, 0.25) is 0 Å². The summed E-state index contributed by atoms with van der Waals surface area (Å²) >= 11 is 0. The van der Waals surface area contributed by atoms with Crippen molar-refractivity contribution in [2.24, 2.45) is 0 Å². The summed E-state index contributed by atoms with van der Waals surface area (Å²) in [5, 5.41) is 4.57. The van der Waals surface area contributed by atoms with E-state index < -0.39 is 14.2 Å². The van der Waals surface area contributed by atoms with Crippen molar-refractivity contribution < 1.29 is 20.0 Å². The molecule has 0 radical (unpaired) electrons. The molecule has 0 amide bonds. The summed E-state index contributed by atoms with van der Waals surface area (Å²) in [7, 11) is -2.22. The summed E-state index contributed by atoms with van der Waals surface area (Å²) in [4.78, 5) is 12.0. The zero-order valence-electron chi connectivity index (χ0n) is 15.6. The Morgan fingerprint density at radius 1 is 1.15 bits per heavy atom. The van der Waals surface area contributed by atoms with Crippen LogP contribution in [0, 0.1) is 0 Å². The first kappa shape index (κ1) is 20.3. The second kappa shape index (κ2) is 10.2. The molecule has 1 saturated carbocycles. The molecule has 2 atom stereocenters. The van der Waals surface area contributed by atoms with Gasteiger partial charge in [0.15, 0.2) is 5.75 Å². The van der Waals surface area contributed by atoms with Crippen LogP contribution >= 0.6 is 8.18 Å². The lowest BCUT2D eigenvalue weighted by Crippen LogP contribution is -2.33. The van der Waals surface area contributed by atoms with Gasteiger partial charge in [-0.25, -0.2) is 4.52 Å². The van der Waals surface area contributed by atoms with Gasteiger partial charge < -0.3 is 4.74 Å². The Bertz CT molecular complexity index is 744. The van der Waals surface area contributed by atoms with E-state index >= 15 is 0 Å². The van der Waals surface area contributed by atoms with Crippen LogP contribution in [-0.2, 0) is 14.1 Å². The number of ether oxygens (including phenoxy) is 1. The molecule has 5 nitrogen and oxygen atoms in total. The Morgan fingerprint density at radius 3 is 2.54 bits per heavy atom. The van der Waals surface area contributed by atoms with E-state index in [2.05, 4.69) is 5.09 Å². The van der Waals surface area contributed by atoms with E-state index in [-0.39, 0.29) is 13.5 Å². The zero-order valence-corrected chi connectivity index (χ0v) is 16.5. The van der Waals surface area contributed by atoms with Crippen LogP contribution in [0.4, 0.5) is 0 Å². The maximum Gasteiger partial charge on any atom is 0.664 e. The lowest BCUT2D eigenvalue weighted by atomic mass is 10.1. The maximum absolute atomic E-state index is 12.2. The predicted octanol–water partition coefficient (Wildman–Crippen LogP) is 5.61. The second-order valence-electron chi connectivity index (χ2n) is 6.02. The van der Waals surface area contributed by atoms with Crippen molar-refractivity contribution in [3.05, 3.63) is 42.5 Å². The van der Waals surface area contributed by atoms with Gasteiger partial charge in [0.25, 0.3) is 0 Å². The summed E-state index contributed by atoms with van der Waals surface area (Å²) in [6.45, 7) is 5.64. The molecule has 0 spiro atoms. The van der Waals surface area contributed by atoms with Gasteiger partial charge in [-0.05, 0) is 44.1 Å².